The molecule has 2 aromatic rings. The summed E-state index contributed by atoms with van der Waals surface area (Å²) in [5, 5.41) is 1.21. The highest BCUT2D eigenvalue weighted by Gasteiger charge is 2.05. The van der Waals surface area contributed by atoms with Crippen molar-refractivity contribution in [2.45, 2.75) is 6.42 Å². The maximum absolute atomic E-state index is 6.06. The SMILES string of the molecule is Clc1ccccc1Cc1ncc(I)c(Cl)n1. The first kappa shape index (κ1) is 12.1. The van der Waals surface area contributed by atoms with Crippen LogP contribution in [0.5, 0.6) is 0 Å². The molecule has 0 atom stereocenters. The van der Waals surface area contributed by atoms with Crippen LogP contribution in [0.15, 0.2) is 30.5 Å². The molecule has 0 N–H and O–H groups in total. The third-order valence-electron chi connectivity index (χ3n) is 2.06. The van der Waals surface area contributed by atoms with E-state index in [0.717, 1.165) is 14.2 Å². The van der Waals surface area contributed by atoms with Crippen molar-refractivity contribution in [2.24, 2.45) is 0 Å². The molecule has 0 amide bonds. The van der Waals surface area contributed by atoms with Crippen LogP contribution in [0.1, 0.15) is 11.4 Å². The Kier molecular flexibility index (Phi) is 4.00. The molecule has 0 aliphatic carbocycles. The quantitative estimate of drug-likeness (QED) is 0.595. The Hall–Kier alpha value is -0.390. The van der Waals surface area contributed by atoms with Crippen molar-refractivity contribution in [3.05, 3.63) is 55.6 Å². The second-order valence-electron chi connectivity index (χ2n) is 3.19. The van der Waals surface area contributed by atoms with Gasteiger partial charge in [-0.15, -0.1) is 0 Å². The zero-order valence-corrected chi connectivity index (χ0v) is 11.8. The largest absolute Gasteiger partial charge is 0.240 e. The van der Waals surface area contributed by atoms with Crippen LogP contribution in [0.4, 0.5) is 0 Å². The molecule has 0 radical (unpaired) electrons. The van der Waals surface area contributed by atoms with Gasteiger partial charge in [-0.05, 0) is 34.2 Å². The van der Waals surface area contributed by atoms with Gasteiger partial charge in [0.05, 0.1) is 3.57 Å². The van der Waals surface area contributed by atoms with E-state index in [0.29, 0.717) is 17.4 Å². The lowest BCUT2D eigenvalue weighted by molar-refractivity contribution is 0.961. The minimum Gasteiger partial charge on any atom is -0.240 e. The number of hydrogen-bond acceptors (Lipinski definition) is 2. The smallest absolute Gasteiger partial charge is 0.146 e. The number of aromatic nitrogens is 2. The summed E-state index contributed by atoms with van der Waals surface area (Å²) >= 11 is 14.1. The minimum absolute atomic E-state index is 0.484. The molecule has 5 heteroatoms. The molecule has 0 unspecified atom stereocenters. The summed E-state index contributed by atoms with van der Waals surface area (Å²) in [6, 6.07) is 7.64. The van der Waals surface area contributed by atoms with Crippen LogP contribution in [0.3, 0.4) is 0 Å². The van der Waals surface area contributed by atoms with Gasteiger partial charge >= 0.3 is 0 Å². The Labute approximate surface area is 117 Å². The van der Waals surface area contributed by atoms with Crippen molar-refractivity contribution < 1.29 is 0 Å². The number of hydrogen-bond donors (Lipinski definition) is 0. The second-order valence-corrected chi connectivity index (χ2v) is 5.12. The third-order valence-corrected chi connectivity index (χ3v) is 3.82. The maximum atomic E-state index is 6.06. The summed E-state index contributed by atoms with van der Waals surface area (Å²) < 4.78 is 0.849. The maximum Gasteiger partial charge on any atom is 0.146 e. The van der Waals surface area contributed by atoms with E-state index in [1.54, 1.807) is 6.20 Å². The molecule has 1 aromatic heterocycles. The highest BCUT2D eigenvalue weighted by atomic mass is 127. The first-order valence-corrected chi connectivity index (χ1v) is 6.40. The van der Waals surface area contributed by atoms with Crippen molar-refractivity contribution in [2.75, 3.05) is 0 Å². The Morgan fingerprint density at radius 1 is 1.19 bits per heavy atom. The number of rotatable bonds is 2. The van der Waals surface area contributed by atoms with Crippen LogP contribution in [0, 0.1) is 3.57 Å². The van der Waals surface area contributed by atoms with Gasteiger partial charge < -0.3 is 0 Å². The first-order valence-electron chi connectivity index (χ1n) is 4.57. The Balaban J connectivity index is 2.28. The van der Waals surface area contributed by atoms with Crippen LogP contribution >= 0.6 is 45.8 Å². The fourth-order valence-corrected chi connectivity index (χ4v) is 1.89. The molecule has 0 spiro atoms. The summed E-state index contributed by atoms with van der Waals surface area (Å²) in [4.78, 5) is 8.41. The van der Waals surface area contributed by atoms with Gasteiger partial charge in [-0.3, -0.25) is 0 Å². The van der Waals surface area contributed by atoms with Gasteiger partial charge in [-0.25, -0.2) is 9.97 Å². The fraction of sp³-hybridized carbons (Fsp3) is 0.0909. The van der Waals surface area contributed by atoms with Crippen molar-refractivity contribution in [3.63, 3.8) is 0 Å². The number of benzene rings is 1. The van der Waals surface area contributed by atoms with Crippen molar-refractivity contribution in [1.29, 1.82) is 0 Å². The van der Waals surface area contributed by atoms with E-state index in [9.17, 15) is 0 Å². The molecule has 2 nitrogen and oxygen atoms in total. The summed E-state index contributed by atoms with van der Waals surface area (Å²) in [5.41, 5.74) is 1.00. The van der Waals surface area contributed by atoms with Crippen molar-refractivity contribution in [1.82, 2.24) is 9.97 Å². The predicted octanol–water partition coefficient (Wildman–Crippen LogP) is 3.98. The van der Waals surface area contributed by atoms with Crippen LogP contribution in [-0.2, 0) is 6.42 Å². The molecule has 0 saturated heterocycles. The summed E-state index contributed by atoms with van der Waals surface area (Å²) in [7, 11) is 0. The van der Waals surface area contributed by atoms with Gasteiger partial charge in [-0.1, -0.05) is 41.4 Å². The molecular formula is C11H7Cl2IN2. The highest BCUT2D eigenvalue weighted by molar-refractivity contribution is 14.1. The average Bonchev–Trinajstić information content (AvgIpc) is 2.27. The van der Waals surface area contributed by atoms with E-state index in [2.05, 4.69) is 32.6 Å². The Morgan fingerprint density at radius 3 is 2.62 bits per heavy atom. The van der Waals surface area contributed by atoms with E-state index < -0.39 is 0 Å². The molecule has 2 rings (SSSR count). The summed E-state index contributed by atoms with van der Waals surface area (Å²) in [6.45, 7) is 0. The van der Waals surface area contributed by atoms with E-state index in [1.807, 2.05) is 24.3 Å². The van der Waals surface area contributed by atoms with Gasteiger partial charge in [-0.2, -0.15) is 0 Å². The molecule has 0 aliphatic heterocycles. The fourth-order valence-electron chi connectivity index (χ4n) is 1.28. The number of nitrogens with zero attached hydrogens (tertiary/aromatic N) is 2. The zero-order chi connectivity index (χ0) is 11.5. The lowest BCUT2D eigenvalue weighted by atomic mass is 10.1. The Morgan fingerprint density at radius 2 is 1.94 bits per heavy atom. The monoisotopic (exact) mass is 364 g/mol. The van der Waals surface area contributed by atoms with Crippen LogP contribution in [0.25, 0.3) is 0 Å². The van der Waals surface area contributed by atoms with Gasteiger partial charge in [0.2, 0.25) is 0 Å². The third kappa shape index (κ3) is 2.84. The van der Waals surface area contributed by atoms with E-state index in [4.69, 9.17) is 23.2 Å². The van der Waals surface area contributed by atoms with Crippen LogP contribution in [0.2, 0.25) is 10.2 Å². The predicted molar refractivity (Wildman–Crippen MR) is 74.0 cm³/mol. The van der Waals surface area contributed by atoms with E-state index >= 15 is 0 Å². The van der Waals surface area contributed by atoms with E-state index in [-0.39, 0.29) is 0 Å². The Bertz CT molecular complexity index is 517. The highest BCUT2D eigenvalue weighted by Crippen LogP contribution is 2.19. The van der Waals surface area contributed by atoms with Gasteiger partial charge in [0.1, 0.15) is 11.0 Å². The molecule has 16 heavy (non-hydrogen) atoms. The zero-order valence-electron chi connectivity index (χ0n) is 8.12. The lowest BCUT2D eigenvalue weighted by Crippen LogP contribution is -1.98. The van der Waals surface area contributed by atoms with Gasteiger partial charge in [0.25, 0.3) is 0 Å². The molecule has 0 saturated carbocycles. The second kappa shape index (κ2) is 5.29. The molecule has 1 aromatic carbocycles. The normalized spacial score (nSPS) is 10.4. The lowest BCUT2D eigenvalue weighted by Gasteiger charge is -2.03. The van der Waals surface area contributed by atoms with Crippen molar-refractivity contribution >= 4 is 45.8 Å². The molecule has 82 valence electrons. The average molecular weight is 365 g/mol. The van der Waals surface area contributed by atoms with Gasteiger partial charge in [0.15, 0.2) is 0 Å². The topological polar surface area (TPSA) is 25.8 Å². The molecule has 1 heterocycles. The number of halogens is 3. The van der Waals surface area contributed by atoms with Crippen molar-refractivity contribution in [3.8, 4) is 0 Å². The van der Waals surface area contributed by atoms with E-state index in [1.165, 1.54) is 0 Å². The first-order chi connectivity index (χ1) is 7.66. The molecule has 0 aliphatic rings. The summed E-state index contributed by atoms with van der Waals surface area (Å²) in [5.74, 6) is 0.679. The molecule has 0 bridgehead atoms. The summed E-state index contributed by atoms with van der Waals surface area (Å²) in [6.07, 6.45) is 2.30. The minimum atomic E-state index is 0.484. The standard InChI is InChI=1S/C11H7Cl2IN2/c12-8-4-2-1-3-7(8)5-10-15-6-9(14)11(13)16-10/h1-4,6H,5H2. The molecule has 0 fully saturated rings. The van der Waals surface area contributed by atoms with Crippen LogP contribution < -0.4 is 0 Å². The van der Waals surface area contributed by atoms with Gasteiger partial charge in [0, 0.05) is 17.6 Å². The molecular weight excluding hydrogens is 358 g/mol. The van der Waals surface area contributed by atoms with Crippen LogP contribution in [-0.4, -0.2) is 9.97 Å².